The van der Waals surface area contributed by atoms with Crippen molar-refractivity contribution in [2.45, 2.75) is 64.6 Å². The molecule has 45 heavy (non-hydrogen) atoms. The first-order valence-electron chi connectivity index (χ1n) is 15.8. The summed E-state index contributed by atoms with van der Waals surface area (Å²) in [6, 6.07) is 8.53. The first-order valence-corrected chi connectivity index (χ1v) is 15.8. The van der Waals surface area contributed by atoms with Gasteiger partial charge in [-0.05, 0) is 82.9 Å². The molecule has 5 aromatic rings. The van der Waals surface area contributed by atoms with Crippen LogP contribution in [-0.2, 0) is 6.42 Å². The van der Waals surface area contributed by atoms with Crippen molar-refractivity contribution in [1.29, 1.82) is 5.26 Å². The lowest BCUT2D eigenvalue weighted by Gasteiger charge is -2.27. The average Bonchev–Trinajstić information content (AvgIpc) is 3.79. The number of fused-ring (bicyclic) bond motifs is 4. The van der Waals surface area contributed by atoms with Crippen LogP contribution in [0.4, 0.5) is 13.2 Å². The zero-order valence-electron chi connectivity index (χ0n) is 26.0. The van der Waals surface area contributed by atoms with Gasteiger partial charge in [-0.1, -0.05) is 6.92 Å². The lowest BCUT2D eigenvalue weighted by molar-refractivity contribution is 0.119. The smallest absolute Gasteiger partial charge is 0.223 e. The number of hydrogen-bond donors (Lipinski definition) is 2. The van der Waals surface area contributed by atoms with Gasteiger partial charge in [0.25, 0.3) is 0 Å². The van der Waals surface area contributed by atoms with Gasteiger partial charge in [-0.2, -0.15) is 5.26 Å². The van der Waals surface area contributed by atoms with E-state index in [0.717, 1.165) is 55.1 Å². The summed E-state index contributed by atoms with van der Waals surface area (Å²) >= 11 is 0. The molecule has 5 heterocycles. The molecule has 10 heteroatoms. The summed E-state index contributed by atoms with van der Waals surface area (Å²) in [5.74, 6) is -1.40. The summed E-state index contributed by atoms with van der Waals surface area (Å²) < 4.78 is 55.3. The molecule has 0 radical (unpaired) electrons. The number of aromatic amines is 1. The standard InChI is InChI=1S/C35H37F3N6O/c1-18-15-40-17-29(18)44-19(2)11-25-34(44)24-12-21(7-5-9-39)30(26-16-41-32-23(26)13-22(36)14-27(32)37)31(38)33(24)42-35(25)45-20(3)28-8-6-10-43(28)4/h11-14,16,18,20,28-29,40-41H,5-8,10,15,17H2,1-4H3/t18-,20+,28+,29-/m1/s1. The van der Waals surface area contributed by atoms with Gasteiger partial charge >= 0.3 is 0 Å². The van der Waals surface area contributed by atoms with Gasteiger partial charge in [0.15, 0.2) is 5.82 Å². The van der Waals surface area contributed by atoms with Crippen molar-refractivity contribution in [3.63, 3.8) is 0 Å². The van der Waals surface area contributed by atoms with Crippen LogP contribution < -0.4 is 10.1 Å². The first-order chi connectivity index (χ1) is 21.7. The van der Waals surface area contributed by atoms with Crippen molar-refractivity contribution < 1.29 is 17.9 Å². The molecule has 7 nitrogen and oxygen atoms in total. The van der Waals surface area contributed by atoms with Crippen LogP contribution in [0.15, 0.2) is 30.5 Å². The molecular weight excluding hydrogens is 577 g/mol. The van der Waals surface area contributed by atoms with E-state index in [1.54, 1.807) is 0 Å². The highest BCUT2D eigenvalue weighted by Crippen LogP contribution is 2.43. The molecule has 2 saturated heterocycles. The zero-order chi connectivity index (χ0) is 31.6. The zero-order valence-corrected chi connectivity index (χ0v) is 26.0. The van der Waals surface area contributed by atoms with Gasteiger partial charge in [0.05, 0.1) is 28.5 Å². The number of pyridine rings is 1. The number of rotatable bonds is 7. The molecule has 0 amide bonds. The van der Waals surface area contributed by atoms with Crippen molar-refractivity contribution in [1.82, 2.24) is 24.8 Å². The second-order valence-corrected chi connectivity index (χ2v) is 12.8. The van der Waals surface area contributed by atoms with Gasteiger partial charge in [-0.15, -0.1) is 0 Å². The van der Waals surface area contributed by atoms with Crippen molar-refractivity contribution in [3.05, 3.63) is 59.2 Å². The number of halogens is 3. The van der Waals surface area contributed by atoms with Gasteiger partial charge in [-0.25, -0.2) is 18.2 Å². The normalized spacial score (nSPS) is 21.3. The van der Waals surface area contributed by atoms with E-state index < -0.39 is 17.5 Å². The molecule has 0 bridgehead atoms. The number of nitrogens with one attached hydrogen (secondary N) is 2. The molecule has 4 atom stereocenters. The maximum atomic E-state index is 17.2. The molecule has 3 aromatic heterocycles. The Morgan fingerprint density at radius 3 is 2.67 bits per heavy atom. The number of nitriles is 1. The van der Waals surface area contributed by atoms with Crippen LogP contribution in [-0.4, -0.2) is 58.3 Å². The van der Waals surface area contributed by atoms with Gasteiger partial charge in [0.1, 0.15) is 23.3 Å². The molecular formula is C35H37F3N6O. The summed E-state index contributed by atoms with van der Waals surface area (Å²) in [5, 5.41) is 14.7. The molecule has 0 unspecified atom stereocenters. The van der Waals surface area contributed by atoms with E-state index in [4.69, 9.17) is 9.72 Å². The minimum Gasteiger partial charge on any atom is -0.472 e. The molecule has 0 spiro atoms. The molecule has 2 aliphatic rings. The molecule has 2 fully saturated rings. The predicted molar refractivity (Wildman–Crippen MR) is 170 cm³/mol. The monoisotopic (exact) mass is 614 g/mol. The molecule has 0 saturated carbocycles. The Bertz CT molecular complexity index is 1990. The number of aromatic nitrogens is 3. The van der Waals surface area contributed by atoms with Crippen molar-refractivity contribution in [3.8, 4) is 23.1 Å². The number of likely N-dealkylation sites (N-methyl/N-ethyl adjacent to an activating group) is 1. The number of aryl methyl sites for hydroxylation is 2. The molecule has 2 aliphatic heterocycles. The second-order valence-electron chi connectivity index (χ2n) is 12.8. The maximum Gasteiger partial charge on any atom is 0.223 e. The third-order valence-electron chi connectivity index (χ3n) is 9.96. The van der Waals surface area contributed by atoms with Crippen molar-refractivity contribution >= 4 is 32.7 Å². The fraction of sp³-hybridized carbons (Fsp3) is 0.429. The number of H-pyrrole nitrogens is 1. The number of nitrogens with zero attached hydrogens (tertiary/aromatic N) is 4. The highest BCUT2D eigenvalue weighted by Gasteiger charge is 2.33. The Balaban J connectivity index is 1.53. The van der Waals surface area contributed by atoms with Gasteiger partial charge < -0.3 is 19.6 Å². The van der Waals surface area contributed by atoms with Crippen LogP contribution >= 0.6 is 0 Å². The number of likely N-dealkylation sites (tertiary alicyclic amines) is 1. The quantitative estimate of drug-likeness (QED) is 0.203. The lowest BCUT2D eigenvalue weighted by atomic mass is 9.93. The fourth-order valence-corrected chi connectivity index (χ4v) is 7.72. The van der Waals surface area contributed by atoms with Crippen LogP contribution in [0.1, 0.15) is 50.4 Å². The third kappa shape index (κ3) is 4.84. The summed E-state index contributed by atoms with van der Waals surface area (Å²) in [6.07, 6.45) is 3.82. The SMILES string of the molecule is Cc1cc2c(O[C@@H](C)[C@@H]3CCCN3C)nc3c(F)c(-c4c[nH]c5c(F)cc(F)cc45)c(CCC#N)cc3c2n1[C@@H]1CNC[C@H]1C. The molecule has 7 rings (SSSR count). The summed E-state index contributed by atoms with van der Waals surface area (Å²) in [4.78, 5) is 10.0. The van der Waals surface area contributed by atoms with E-state index >= 15 is 4.39 Å². The molecule has 2 aromatic carbocycles. The van der Waals surface area contributed by atoms with Gasteiger partial charge in [-0.3, -0.25) is 4.90 Å². The highest BCUT2D eigenvalue weighted by molar-refractivity contribution is 6.09. The summed E-state index contributed by atoms with van der Waals surface area (Å²) in [7, 11) is 2.09. The van der Waals surface area contributed by atoms with E-state index in [9.17, 15) is 14.0 Å². The van der Waals surface area contributed by atoms with Crippen LogP contribution in [0.25, 0.3) is 43.8 Å². The van der Waals surface area contributed by atoms with Crippen LogP contribution in [0.2, 0.25) is 0 Å². The van der Waals surface area contributed by atoms with E-state index in [0.29, 0.717) is 28.3 Å². The van der Waals surface area contributed by atoms with E-state index in [2.05, 4.69) is 52.8 Å². The van der Waals surface area contributed by atoms with E-state index in [1.165, 1.54) is 12.3 Å². The van der Waals surface area contributed by atoms with Gasteiger partial charge in [0, 0.05) is 58.9 Å². The molecule has 0 aliphatic carbocycles. The van der Waals surface area contributed by atoms with E-state index in [-0.39, 0.29) is 53.0 Å². The Hall–Kier alpha value is -4.07. The Kier molecular flexibility index (Phi) is 7.49. The average molecular weight is 615 g/mol. The molecule has 2 N–H and O–H groups in total. The Morgan fingerprint density at radius 1 is 1.13 bits per heavy atom. The summed E-state index contributed by atoms with van der Waals surface area (Å²) in [6.45, 7) is 8.96. The van der Waals surface area contributed by atoms with Gasteiger partial charge in [0.2, 0.25) is 5.88 Å². The Morgan fingerprint density at radius 2 is 1.96 bits per heavy atom. The first kappa shape index (κ1) is 29.6. The second kappa shape index (κ2) is 11.4. The van der Waals surface area contributed by atoms with Crippen molar-refractivity contribution in [2.24, 2.45) is 5.92 Å². The molecule has 234 valence electrons. The Labute approximate surface area is 260 Å². The maximum absolute atomic E-state index is 17.2. The van der Waals surface area contributed by atoms with Crippen LogP contribution in [0.3, 0.4) is 0 Å². The van der Waals surface area contributed by atoms with Crippen LogP contribution in [0.5, 0.6) is 5.88 Å². The largest absolute Gasteiger partial charge is 0.472 e. The fourth-order valence-electron chi connectivity index (χ4n) is 7.72. The summed E-state index contributed by atoms with van der Waals surface area (Å²) in [5.41, 5.74) is 3.17. The number of ether oxygens (including phenoxy) is 1. The minimum absolute atomic E-state index is 0.0892. The predicted octanol–water partition coefficient (Wildman–Crippen LogP) is 7.16. The van der Waals surface area contributed by atoms with Crippen molar-refractivity contribution in [2.75, 3.05) is 26.7 Å². The topological polar surface area (TPSA) is 81.9 Å². The van der Waals surface area contributed by atoms with E-state index in [1.807, 2.05) is 13.0 Å². The lowest BCUT2D eigenvalue weighted by Crippen LogP contribution is -2.38. The third-order valence-corrected chi connectivity index (χ3v) is 9.96. The number of hydrogen-bond acceptors (Lipinski definition) is 5. The number of benzene rings is 2. The minimum atomic E-state index is -0.759. The van der Waals surface area contributed by atoms with Crippen LogP contribution in [0, 0.1) is 41.6 Å². The highest BCUT2D eigenvalue weighted by atomic mass is 19.1.